The number of para-hydroxylation sites is 1. The number of nitrogens with one attached hydrogen (secondary N) is 2. The summed E-state index contributed by atoms with van der Waals surface area (Å²) in [6.07, 6.45) is 0. The minimum atomic E-state index is 0.597. The zero-order valence-corrected chi connectivity index (χ0v) is 11.8. The van der Waals surface area contributed by atoms with Crippen LogP contribution in [0.2, 0.25) is 5.02 Å². The van der Waals surface area contributed by atoms with E-state index in [1.54, 1.807) is 0 Å². The van der Waals surface area contributed by atoms with Gasteiger partial charge in [-0.05, 0) is 32.4 Å². The standard InChI is InChI=1S/C13H16ClN5/c1-7-5-4-6-10(14)11(7)18-12-8(2)13(19-15)17-9(3)16-12/h4-6H,15H2,1-3H3,(H2,16,17,18,19). The molecule has 1 heterocycles. The van der Waals surface area contributed by atoms with Gasteiger partial charge >= 0.3 is 0 Å². The molecule has 0 aliphatic carbocycles. The molecule has 6 heteroatoms. The fourth-order valence-corrected chi connectivity index (χ4v) is 2.07. The maximum Gasteiger partial charge on any atom is 0.148 e. The van der Waals surface area contributed by atoms with Crippen molar-refractivity contribution >= 4 is 28.9 Å². The third kappa shape index (κ3) is 2.77. The predicted molar refractivity (Wildman–Crippen MR) is 78.8 cm³/mol. The van der Waals surface area contributed by atoms with E-state index in [2.05, 4.69) is 20.7 Å². The summed E-state index contributed by atoms with van der Waals surface area (Å²) >= 11 is 6.20. The number of nitrogens with zero attached hydrogens (tertiary/aromatic N) is 2. The summed E-state index contributed by atoms with van der Waals surface area (Å²) < 4.78 is 0. The van der Waals surface area contributed by atoms with Gasteiger partial charge in [-0.1, -0.05) is 23.7 Å². The molecule has 2 aromatic rings. The number of hydrazine groups is 1. The first kappa shape index (κ1) is 13.6. The summed E-state index contributed by atoms with van der Waals surface area (Å²) in [4.78, 5) is 8.60. The molecule has 4 N–H and O–H groups in total. The third-order valence-corrected chi connectivity index (χ3v) is 3.17. The van der Waals surface area contributed by atoms with E-state index in [4.69, 9.17) is 17.4 Å². The number of hydrogen-bond acceptors (Lipinski definition) is 5. The van der Waals surface area contributed by atoms with Crippen molar-refractivity contribution < 1.29 is 0 Å². The molecule has 0 saturated heterocycles. The van der Waals surface area contributed by atoms with Crippen LogP contribution in [0.1, 0.15) is 17.0 Å². The van der Waals surface area contributed by atoms with Gasteiger partial charge in [-0.3, -0.25) is 0 Å². The van der Waals surface area contributed by atoms with Gasteiger partial charge in [0, 0.05) is 5.56 Å². The number of anilines is 3. The van der Waals surface area contributed by atoms with E-state index in [-0.39, 0.29) is 0 Å². The molecule has 100 valence electrons. The lowest BCUT2D eigenvalue weighted by molar-refractivity contribution is 1.03. The van der Waals surface area contributed by atoms with E-state index < -0.39 is 0 Å². The van der Waals surface area contributed by atoms with E-state index in [1.165, 1.54) is 0 Å². The van der Waals surface area contributed by atoms with Crippen molar-refractivity contribution in [3.05, 3.63) is 40.2 Å². The molecule has 0 radical (unpaired) electrons. The third-order valence-electron chi connectivity index (χ3n) is 2.86. The first-order valence-electron chi connectivity index (χ1n) is 5.87. The summed E-state index contributed by atoms with van der Waals surface area (Å²) in [5.41, 5.74) is 5.30. The van der Waals surface area contributed by atoms with Gasteiger partial charge in [-0.25, -0.2) is 15.8 Å². The maximum atomic E-state index is 6.20. The van der Waals surface area contributed by atoms with Crippen LogP contribution in [0, 0.1) is 20.8 Å². The average Bonchev–Trinajstić information content (AvgIpc) is 2.37. The number of rotatable bonds is 3. The van der Waals surface area contributed by atoms with Gasteiger partial charge in [0.1, 0.15) is 17.5 Å². The van der Waals surface area contributed by atoms with E-state index in [1.807, 2.05) is 39.0 Å². The highest BCUT2D eigenvalue weighted by atomic mass is 35.5. The zero-order chi connectivity index (χ0) is 14.0. The number of nitrogens with two attached hydrogens (primary N) is 1. The molecule has 1 aromatic carbocycles. The lowest BCUT2D eigenvalue weighted by Crippen LogP contribution is -2.13. The number of benzene rings is 1. The van der Waals surface area contributed by atoms with Gasteiger partial charge in [0.25, 0.3) is 0 Å². The molecule has 0 unspecified atom stereocenters. The molecule has 19 heavy (non-hydrogen) atoms. The molecule has 0 saturated carbocycles. The van der Waals surface area contributed by atoms with Crippen molar-refractivity contribution in [2.24, 2.45) is 5.84 Å². The first-order chi connectivity index (χ1) is 9.02. The quantitative estimate of drug-likeness (QED) is 0.594. The van der Waals surface area contributed by atoms with Crippen LogP contribution < -0.4 is 16.6 Å². The van der Waals surface area contributed by atoms with Gasteiger partial charge < -0.3 is 10.7 Å². The normalized spacial score (nSPS) is 10.4. The van der Waals surface area contributed by atoms with Gasteiger partial charge in [0.05, 0.1) is 10.7 Å². The number of hydrogen-bond donors (Lipinski definition) is 3. The monoisotopic (exact) mass is 277 g/mol. The molecule has 0 bridgehead atoms. The summed E-state index contributed by atoms with van der Waals surface area (Å²) in [6.45, 7) is 5.69. The Balaban J connectivity index is 2.47. The molecule has 1 aromatic heterocycles. The first-order valence-corrected chi connectivity index (χ1v) is 6.24. The van der Waals surface area contributed by atoms with Crippen LogP contribution in [0.25, 0.3) is 0 Å². The Morgan fingerprint density at radius 2 is 1.79 bits per heavy atom. The number of nitrogen functional groups attached to an aromatic ring is 1. The molecule has 0 aliphatic rings. The van der Waals surface area contributed by atoms with Crippen molar-refractivity contribution in [1.29, 1.82) is 0 Å². The molecule has 5 nitrogen and oxygen atoms in total. The van der Waals surface area contributed by atoms with Gasteiger partial charge in [-0.2, -0.15) is 0 Å². The smallest absolute Gasteiger partial charge is 0.148 e. The summed E-state index contributed by atoms with van der Waals surface area (Å²) in [5, 5.41) is 3.90. The Bertz CT molecular complexity index is 592. The fourth-order valence-electron chi connectivity index (χ4n) is 1.80. The Morgan fingerprint density at radius 3 is 2.42 bits per heavy atom. The lowest BCUT2D eigenvalue weighted by Gasteiger charge is -2.15. The van der Waals surface area contributed by atoms with Crippen LogP contribution in [-0.4, -0.2) is 9.97 Å². The fraction of sp³-hybridized carbons (Fsp3) is 0.231. The Hall–Kier alpha value is -1.85. The molecule has 0 aliphatic heterocycles. The van der Waals surface area contributed by atoms with Crippen molar-refractivity contribution in [2.45, 2.75) is 20.8 Å². The maximum absolute atomic E-state index is 6.20. The largest absolute Gasteiger partial charge is 0.338 e. The lowest BCUT2D eigenvalue weighted by atomic mass is 10.2. The van der Waals surface area contributed by atoms with E-state index in [0.717, 1.165) is 16.8 Å². The van der Waals surface area contributed by atoms with Crippen LogP contribution in [0.5, 0.6) is 0 Å². The summed E-state index contributed by atoms with van der Waals surface area (Å²) in [7, 11) is 0. The number of halogens is 1. The van der Waals surface area contributed by atoms with Crippen LogP contribution in [0.4, 0.5) is 17.3 Å². The summed E-state index contributed by atoms with van der Waals surface area (Å²) in [5.74, 6) is 7.37. The highest BCUT2D eigenvalue weighted by Gasteiger charge is 2.11. The van der Waals surface area contributed by atoms with E-state index >= 15 is 0 Å². The Kier molecular flexibility index (Phi) is 3.87. The second-order valence-electron chi connectivity index (χ2n) is 4.29. The Morgan fingerprint density at radius 1 is 1.11 bits per heavy atom. The zero-order valence-electron chi connectivity index (χ0n) is 11.1. The minimum Gasteiger partial charge on any atom is -0.338 e. The molecular weight excluding hydrogens is 262 g/mol. The van der Waals surface area contributed by atoms with E-state index in [0.29, 0.717) is 22.5 Å². The minimum absolute atomic E-state index is 0.597. The molecule has 0 amide bonds. The second-order valence-corrected chi connectivity index (χ2v) is 4.70. The van der Waals surface area contributed by atoms with Crippen molar-refractivity contribution in [3.8, 4) is 0 Å². The van der Waals surface area contributed by atoms with Gasteiger partial charge in [0.15, 0.2) is 0 Å². The van der Waals surface area contributed by atoms with Crippen molar-refractivity contribution in [3.63, 3.8) is 0 Å². The van der Waals surface area contributed by atoms with Gasteiger partial charge in [0.2, 0.25) is 0 Å². The van der Waals surface area contributed by atoms with Crippen molar-refractivity contribution in [2.75, 3.05) is 10.7 Å². The molecule has 0 fully saturated rings. The highest BCUT2D eigenvalue weighted by molar-refractivity contribution is 6.33. The molecule has 0 atom stereocenters. The molecule has 2 rings (SSSR count). The van der Waals surface area contributed by atoms with Crippen LogP contribution >= 0.6 is 11.6 Å². The second kappa shape index (κ2) is 5.42. The number of aryl methyl sites for hydroxylation is 2. The highest BCUT2D eigenvalue weighted by Crippen LogP contribution is 2.30. The molecular formula is C13H16ClN5. The van der Waals surface area contributed by atoms with Crippen molar-refractivity contribution in [1.82, 2.24) is 9.97 Å². The summed E-state index contributed by atoms with van der Waals surface area (Å²) in [6, 6.07) is 5.73. The van der Waals surface area contributed by atoms with Crippen LogP contribution in [0.3, 0.4) is 0 Å². The SMILES string of the molecule is Cc1nc(NN)c(C)c(Nc2c(C)cccc2Cl)n1. The predicted octanol–water partition coefficient (Wildman–Crippen LogP) is 3.08. The van der Waals surface area contributed by atoms with Gasteiger partial charge in [-0.15, -0.1) is 0 Å². The van der Waals surface area contributed by atoms with Crippen LogP contribution in [0.15, 0.2) is 18.2 Å². The van der Waals surface area contributed by atoms with E-state index in [9.17, 15) is 0 Å². The van der Waals surface area contributed by atoms with Crippen LogP contribution in [-0.2, 0) is 0 Å². The molecule has 0 spiro atoms. The average molecular weight is 278 g/mol. The Labute approximate surface area is 117 Å². The number of aromatic nitrogens is 2. The topological polar surface area (TPSA) is 75.9 Å².